The quantitative estimate of drug-likeness (QED) is 0.407. The van der Waals surface area contributed by atoms with Gasteiger partial charge in [0.05, 0.1) is 11.0 Å². The van der Waals surface area contributed by atoms with Crippen molar-refractivity contribution in [1.82, 2.24) is 10.3 Å². The third kappa shape index (κ3) is 14.4. The highest BCUT2D eigenvalue weighted by atomic mass is 32.1. The molecule has 0 aliphatic carbocycles. The predicted octanol–water partition coefficient (Wildman–Crippen LogP) is 4.65. The molecule has 0 saturated heterocycles. The van der Waals surface area contributed by atoms with E-state index in [4.69, 9.17) is 5.73 Å². The summed E-state index contributed by atoms with van der Waals surface area (Å²) in [5, 5.41) is 6.07. The molecule has 1 aromatic heterocycles. The summed E-state index contributed by atoms with van der Waals surface area (Å²) in [5.74, 6) is 0.186. The normalized spacial score (nSPS) is 11.7. The van der Waals surface area contributed by atoms with E-state index in [2.05, 4.69) is 28.9 Å². The van der Waals surface area contributed by atoms with Gasteiger partial charge in [0.15, 0.2) is 0 Å². The number of ether oxygens (including phenoxy) is 1. The molecule has 31 heavy (non-hydrogen) atoms. The van der Waals surface area contributed by atoms with Crippen LogP contribution in [0.3, 0.4) is 0 Å². The summed E-state index contributed by atoms with van der Waals surface area (Å²) in [7, 11) is 0. The van der Waals surface area contributed by atoms with Gasteiger partial charge in [-0.15, -0.1) is 11.3 Å². The van der Waals surface area contributed by atoms with Crippen LogP contribution < -0.4 is 11.1 Å². The number of carbonyl (C=O) groups excluding carboxylic acids is 2. The summed E-state index contributed by atoms with van der Waals surface area (Å²) in [6.07, 6.45) is 4.00. The second kappa shape index (κ2) is 18.5. The van der Waals surface area contributed by atoms with Crippen molar-refractivity contribution in [3.05, 3.63) is 52.0 Å². The number of aromatic nitrogens is 1. The fourth-order valence-electron chi connectivity index (χ4n) is 2.30. The van der Waals surface area contributed by atoms with Crippen LogP contribution in [-0.2, 0) is 27.4 Å². The number of nitrogens with one attached hydrogen (secondary N) is 1. The number of nitrogens with zero attached hydrogens (tertiary/aromatic N) is 1. The van der Waals surface area contributed by atoms with Gasteiger partial charge in [-0.2, -0.15) is 0 Å². The number of amides is 1. The summed E-state index contributed by atoms with van der Waals surface area (Å²) in [4.78, 5) is 25.9. The van der Waals surface area contributed by atoms with Crippen molar-refractivity contribution in [3.63, 3.8) is 0 Å². The van der Waals surface area contributed by atoms with Gasteiger partial charge >= 0.3 is 0 Å². The van der Waals surface area contributed by atoms with Gasteiger partial charge in [-0.25, -0.2) is 4.98 Å². The Morgan fingerprint density at radius 2 is 1.90 bits per heavy atom. The Morgan fingerprint density at radius 3 is 2.42 bits per heavy atom. The summed E-state index contributed by atoms with van der Waals surface area (Å²) in [6, 6.07) is 9.15. The first-order chi connectivity index (χ1) is 14.9. The molecular formula is C24H39N3O3S. The van der Waals surface area contributed by atoms with E-state index in [1.54, 1.807) is 11.3 Å². The lowest BCUT2D eigenvalue weighted by Gasteiger charge is -2.17. The van der Waals surface area contributed by atoms with E-state index in [-0.39, 0.29) is 11.8 Å². The van der Waals surface area contributed by atoms with E-state index in [1.807, 2.05) is 56.5 Å². The number of hydrogen-bond donors (Lipinski definition) is 2. The molecule has 6 nitrogen and oxygen atoms in total. The molecule has 2 unspecified atom stereocenters. The molecule has 0 spiro atoms. The average Bonchev–Trinajstić information content (AvgIpc) is 3.20. The average molecular weight is 450 g/mol. The predicted molar refractivity (Wildman–Crippen MR) is 129 cm³/mol. The zero-order valence-electron chi connectivity index (χ0n) is 19.6. The zero-order valence-corrected chi connectivity index (χ0v) is 20.4. The number of carbonyl (C=O) groups is 2. The molecule has 0 aliphatic rings. The third-order valence-electron chi connectivity index (χ3n) is 4.25. The van der Waals surface area contributed by atoms with Crippen LogP contribution in [0, 0.1) is 12.8 Å². The molecule has 2 rings (SSSR count). The number of hydrogen-bond acceptors (Lipinski definition) is 6. The van der Waals surface area contributed by atoms with Gasteiger partial charge in [-0.1, -0.05) is 70.9 Å². The van der Waals surface area contributed by atoms with E-state index in [1.165, 1.54) is 6.42 Å². The van der Waals surface area contributed by atoms with Crippen molar-refractivity contribution in [1.29, 1.82) is 0 Å². The molecule has 0 bridgehead atoms. The Balaban J connectivity index is 0.000000580. The van der Waals surface area contributed by atoms with Crippen LogP contribution >= 0.6 is 11.3 Å². The first-order valence-electron chi connectivity index (χ1n) is 10.9. The van der Waals surface area contributed by atoms with Crippen LogP contribution in [0.25, 0.3) is 0 Å². The first-order valence-corrected chi connectivity index (χ1v) is 11.8. The van der Waals surface area contributed by atoms with Crippen molar-refractivity contribution in [2.24, 2.45) is 11.7 Å². The smallest absolute Gasteiger partial charge is 0.293 e. The summed E-state index contributed by atoms with van der Waals surface area (Å²) in [6.45, 7) is 11.8. The summed E-state index contributed by atoms with van der Waals surface area (Å²) in [5.41, 5.74) is 7.92. The van der Waals surface area contributed by atoms with Gasteiger partial charge < -0.3 is 15.8 Å². The minimum Gasteiger partial charge on any atom is -0.463 e. The number of benzene rings is 1. The fraction of sp³-hybridized carbons (Fsp3) is 0.542. The molecule has 0 saturated carbocycles. The standard InChI is InChI=1S/C13H23N3OS.C8H8O2.C3H8/c1-4-9(2)12(14)13(17)15-7-5-6-11-16-10(3)8-18-11;9-7-10-6-8-4-2-1-3-5-8;1-3-2/h8-9,12H,4-7,14H2,1-3H3,(H,15,17);1-5,7H,6H2;3H2,1-2H3. The van der Waals surface area contributed by atoms with Crippen molar-refractivity contribution >= 4 is 23.7 Å². The zero-order chi connectivity index (χ0) is 23.5. The molecule has 0 fully saturated rings. The number of thiazole rings is 1. The van der Waals surface area contributed by atoms with Crippen molar-refractivity contribution < 1.29 is 14.3 Å². The second-order valence-electron chi connectivity index (χ2n) is 7.29. The topological polar surface area (TPSA) is 94.3 Å². The maximum atomic E-state index is 11.7. The van der Waals surface area contributed by atoms with E-state index in [9.17, 15) is 9.59 Å². The van der Waals surface area contributed by atoms with Crippen LogP contribution in [-0.4, -0.2) is 29.9 Å². The summed E-state index contributed by atoms with van der Waals surface area (Å²) < 4.78 is 4.54. The number of rotatable bonds is 10. The molecule has 2 aromatic rings. The number of aryl methyl sites for hydroxylation is 2. The molecule has 1 heterocycles. The van der Waals surface area contributed by atoms with Gasteiger partial charge in [0, 0.05) is 24.0 Å². The minimum atomic E-state index is -0.392. The fourth-order valence-corrected chi connectivity index (χ4v) is 3.12. The van der Waals surface area contributed by atoms with Crippen LogP contribution in [0.4, 0.5) is 0 Å². The van der Waals surface area contributed by atoms with Gasteiger partial charge in [0.1, 0.15) is 6.61 Å². The van der Waals surface area contributed by atoms with Crippen LogP contribution in [0.5, 0.6) is 0 Å². The molecular weight excluding hydrogens is 410 g/mol. The lowest BCUT2D eigenvalue weighted by atomic mass is 9.99. The second-order valence-corrected chi connectivity index (χ2v) is 8.23. The van der Waals surface area contributed by atoms with Crippen LogP contribution in [0.1, 0.15) is 63.2 Å². The molecule has 3 N–H and O–H groups in total. The van der Waals surface area contributed by atoms with Gasteiger partial charge in [0.2, 0.25) is 5.91 Å². The van der Waals surface area contributed by atoms with Crippen molar-refractivity contribution in [3.8, 4) is 0 Å². The van der Waals surface area contributed by atoms with Crippen molar-refractivity contribution in [2.75, 3.05) is 6.54 Å². The Morgan fingerprint density at radius 1 is 1.26 bits per heavy atom. The van der Waals surface area contributed by atoms with Gasteiger partial charge in [-0.3, -0.25) is 9.59 Å². The maximum Gasteiger partial charge on any atom is 0.293 e. The monoisotopic (exact) mass is 449 g/mol. The molecule has 7 heteroatoms. The highest BCUT2D eigenvalue weighted by molar-refractivity contribution is 7.09. The van der Waals surface area contributed by atoms with E-state index in [0.29, 0.717) is 19.6 Å². The van der Waals surface area contributed by atoms with Gasteiger partial charge in [0.25, 0.3) is 6.47 Å². The Hall–Kier alpha value is -2.25. The molecule has 2 atom stereocenters. The van der Waals surface area contributed by atoms with E-state index in [0.717, 1.165) is 35.5 Å². The number of nitrogens with two attached hydrogens (primary N) is 1. The summed E-state index contributed by atoms with van der Waals surface area (Å²) >= 11 is 1.67. The minimum absolute atomic E-state index is 0.0420. The van der Waals surface area contributed by atoms with Crippen molar-refractivity contribution in [2.45, 2.75) is 73.0 Å². The first kappa shape index (κ1) is 28.8. The Kier molecular flexibility index (Phi) is 17.2. The van der Waals surface area contributed by atoms with E-state index >= 15 is 0 Å². The highest BCUT2D eigenvalue weighted by Gasteiger charge is 2.18. The van der Waals surface area contributed by atoms with Crippen LogP contribution in [0.2, 0.25) is 0 Å². The lowest BCUT2D eigenvalue weighted by molar-refractivity contribution is -0.129. The lowest BCUT2D eigenvalue weighted by Crippen LogP contribution is -2.44. The largest absolute Gasteiger partial charge is 0.463 e. The molecule has 1 amide bonds. The Labute approximate surface area is 191 Å². The maximum absolute atomic E-state index is 11.7. The Bertz CT molecular complexity index is 707. The van der Waals surface area contributed by atoms with Gasteiger partial charge in [-0.05, 0) is 24.8 Å². The molecule has 0 aliphatic heterocycles. The van der Waals surface area contributed by atoms with Crippen LogP contribution in [0.15, 0.2) is 35.7 Å². The third-order valence-corrected chi connectivity index (χ3v) is 5.28. The molecule has 174 valence electrons. The SMILES string of the molecule is CCC.CCC(C)C(N)C(=O)NCCCc1nc(C)cs1.O=COCc1ccccc1. The van der Waals surface area contributed by atoms with E-state index < -0.39 is 6.04 Å². The highest BCUT2D eigenvalue weighted by Crippen LogP contribution is 2.10. The molecule has 1 aromatic carbocycles. The molecule has 0 radical (unpaired) electrons.